The Balaban J connectivity index is 1.67. The Labute approximate surface area is 163 Å². The lowest BCUT2D eigenvalue weighted by molar-refractivity contribution is -0.113. The first-order chi connectivity index (χ1) is 12.6. The molecule has 0 radical (unpaired) electrons. The number of carbonyl (C=O) groups is 1. The number of aromatic nitrogens is 4. The molecule has 0 spiro atoms. The van der Waals surface area contributed by atoms with Crippen molar-refractivity contribution in [2.75, 3.05) is 18.2 Å². The van der Waals surface area contributed by atoms with Gasteiger partial charge in [-0.05, 0) is 46.8 Å². The molecule has 0 saturated heterocycles. The molecular formula is C16H13Cl2N5O2S. The number of benzene rings is 2. The molecule has 1 N–H and O–H groups in total. The van der Waals surface area contributed by atoms with Gasteiger partial charge in [0, 0.05) is 0 Å². The van der Waals surface area contributed by atoms with Gasteiger partial charge in [0.1, 0.15) is 5.75 Å². The third kappa shape index (κ3) is 4.27. The highest BCUT2D eigenvalue weighted by atomic mass is 35.5. The number of halogens is 2. The first kappa shape index (κ1) is 18.5. The van der Waals surface area contributed by atoms with E-state index in [1.165, 1.54) is 11.8 Å². The van der Waals surface area contributed by atoms with Crippen LogP contribution in [0.2, 0.25) is 10.0 Å². The molecule has 0 bridgehead atoms. The number of rotatable bonds is 6. The summed E-state index contributed by atoms with van der Waals surface area (Å²) in [5.74, 6) is 0.555. The van der Waals surface area contributed by atoms with Crippen LogP contribution in [0.4, 0.5) is 5.69 Å². The summed E-state index contributed by atoms with van der Waals surface area (Å²) >= 11 is 13.3. The van der Waals surface area contributed by atoms with Crippen LogP contribution < -0.4 is 10.1 Å². The van der Waals surface area contributed by atoms with Crippen molar-refractivity contribution in [2.24, 2.45) is 0 Å². The van der Waals surface area contributed by atoms with E-state index >= 15 is 0 Å². The summed E-state index contributed by atoms with van der Waals surface area (Å²) in [6, 6.07) is 12.3. The van der Waals surface area contributed by atoms with Crippen LogP contribution in [0.15, 0.2) is 47.6 Å². The number of anilines is 1. The Morgan fingerprint density at radius 1 is 1.19 bits per heavy atom. The SMILES string of the molecule is COc1ccc(-n2nnnc2SCC(=O)Nc2c(Cl)cccc2Cl)cc1. The first-order valence-corrected chi connectivity index (χ1v) is 9.12. The third-order valence-electron chi connectivity index (χ3n) is 3.32. The molecule has 0 saturated carbocycles. The molecule has 3 rings (SSSR count). The minimum absolute atomic E-state index is 0.0953. The number of tetrazole rings is 1. The monoisotopic (exact) mass is 409 g/mol. The maximum Gasteiger partial charge on any atom is 0.234 e. The van der Waals surface area contributed by atoms with Crippen LogP contribution in [0.5, 0.6) is 5.75 Å². The van der Waals surface area contributed by atoms with Crippen LogP contribution in [-0.4, -0.2) is 39.0 Å². The van der Waals surface area contributed by atoms with E-state index in [0.29, 0.717) is 20.9 Å². The van der Waals surface area contributed by atoms with Crippen LogP contribution in [0.25, 0.3) is 5.69 Å². The number of methoxy groups -OCH3 is 1. The van der Waals surface area contributed by atoms with Crippen molar-refractivity contribution < 1.29 is 9.53 Å². The Bertz CT molecular complexity index is 897. The van der Waals surface area contributed by atoms with Gasteiger partial charge in [-0.1, -0.05) is 41.0 Å². The van der Waals surface area contributed by atoms with E-state index in [9.17, 15) is 4.79 Å². The van der Waals surface area contributed by atoms with Gasteiger partial charge in [-0.3, -0.25) is 4.79 Å². The summed E-state index contributed by atoms with van der Waals surface area (Å²) in [4.78, 5) is 12.2. The number of ether oxygens (including phenoxy) is 1. The van der Waals surface area contributed by atoms with Crippen molar-refractivity contribution in [3.05, 3.63) is 52.5 Å². The number of nitrogens with one attached hydrogen (secondary N) is 1. The zero-order valence-electron chi connectivity index (χ0n) is 13.5. The smallest absolute Gasteiger partial charge is 0.234 e. The molecule has 134 valence electrons. The predicted molar refractivity (Wildman–Crippen MR) is 102 cm³/mol. The van der Waals surface area contributed by atoms with Crippen molar-refractivity contribution in [1.82, 2.24) is 20.2 Å². The van der Waals surface area contributed by atoms with E-state index in [0.717, 1.165) is 11.4 Å². The van der Waals surface area contributed by atoms with Gasteiger partial charge >= 0.3 is 0 Å². The van der Waals surface area contributed by atoms with Crippen molar-refractivity contribution >= 4 is 46.6 Å². The second kappa shape index (κ2) is 8.39. The molecule has 26 heavy (non-hydrogen) atoms. The van der Waals surface area contributed by atoms with Gasteiger partial charge in [-0.2, -0.15) is 4.68 Å². The van der Waals surface area contributed by atoms with Gasteiger partial charge in [0.2, 0.25) is 11.1 Å². The highest BCUT2D eigenvalue weighted by Crippen LogP contribution is 2.30. The summed E-state index contributed by atoms with van der Waals surface area (Å²) < 4.78 is 6.67. The van der Waals surface area contributed by atoms with E-state index in [1.54, 1.807) is 42.1 Å². The standard InChI is InChI=1S/C16H13Cl2N5O2S/c1-25-11-7-5-10(6-8-11)23-16(20-21-22-23)26-9-14(24)19-15-12(17)3-2-4-13(15)18/h2-8H,9H2,1H3,(H,19,24). The van der Waals surface area contributed by atoms with E-state index in [2.05, 4.69) is 20.8 Å². The summed E-state index contributed by atoms with van der Waals surface area (Å²) in [6.45, 7) is 0. The van der Waals surface area contributed by atoms with Crippen LogP contribution in [-0.2, 0) is 4.79 Å². The Kier molecular flexibility index (Phi) is 5.97. The molecule has 0 aliphatic carbocycles. The second-order valence-corrected chi connectivity index (χ2v) is 6.76. The lowest BCUT2D eigenvalue weighted by Crippen LogP contribution is -2.15. The van der Waals surface area contributed by atoms with E-state index in [1.807, 2.05) is 12.1 Å². The maximum atomic E-state index is 12.2. The molecule has 3 aromatic rings. The molecule has 0 atom stereocenters. The second-order valence-electron chi connectivity index (χ2n) is 5.00. The fourth-order valence-corrected chi connectivity index (χ4v) is 3.26. The lowest BCUT2D eigenvalue weighted by atomic mass is 10.3. The van der Waals surface area contributed by atoms with Gasteiger partial charge in [0.25, 0.3) is 0 Å². The van der Waals surface area contributed by atoms with Gasteiger partial charge in [-0.25, -0.2) is 0 Å². The third-order valence-corrected chi connectivity index (χ3v) is 4.87. The molecule has 1 heterocycles. The molecule has 0 aliphatic rings. The first-order valence-electron chi connectivity index (χ1n) is 7.38. The van der Waals surface area contributed by atoms with Gasteiger partial charge < -0.3 is 10.1 Å². The quantitative estimate of drug-likeness (QED) is 0.624. The van der Waals surface area contributed by atoms with Gasteiger partial charge in [0.05, 0.1) is 34.3 Å². The Hall–Kier alpha value is -2.29. The molecular weight excluding hydrogens is 397 g/mol. The molecule has 1 amide bonds. The van der Waals surface area contributed by atoms with Crippen molar-refractivity contribution in [2.45, 2.75) is 5.16 Å². The zero-order chi connectivity index (χ0) is 18.5. The molecule has 0 aliphatic heterocycles. The number of amides is 1. The minimum atomic E-state index is -0.269. The summed E-state index contributed by atoms with van der Waals surface area (Å²) in [7, 11) is 1.59. The molecule has 7 nitrogen and oxygen atoms in total. The number of thioether (sulfide) groups is 1. The number of nitrogens with zero attached hydrogens (tertiary/aromatic N) is 4. The summed E-state index contributed by atoms with van der Waals surface area (Å²) in [6.07, 6.45) is 0. The summed E-state index contributed by atoms with van der Waals surface area (Å²) in [5, 5.41) is 15.5. The maximum absolute atomic E-state index is 12.2. The molecule has 0 unspecified atom stereocenters. The van der Waals surface area contributed by atoms with E-state index in [4.69, 9.17) is 27.9 Å². The average molecular weight is 410 g/mol. The Morgan fingerprint density at radius 2 is 1.88 bits per heavy atom. The molecule has 1 aromatic heterocycles. The van der Waals surface area contributed by atoms with E-state index < -0.39 is 0 Å². The van der Waals surface area contributed by atoms with Crippen molar-refractivity contribution in [3.63, 3.8) is 0 Å². The fraction of sp³-hybridized carbons (Fsp3) is 0.125. The average Bonchev–Trinajstić information content (AvgIpc) is 3.12. The molecule has 10 heteroatoms. The van der Waals surface area contributed by atoms with Crippen molar-refractivity contribution in [3.8, 4) is 11.4 Å². The topological polar surface area (TPSA) is 81.9 Å². The fourth-order valence-electron chi connectivity index (χ4n) is 2.08. The van der Waals surface area contributed by atoms with E-state index in [-0.39, 0.29) is 11.7 Å². The van der Waals surface area contributed by atoms with Crippen LogP contribution >= 0.6 is 35.0 Å². The van der Waals surface area contributed by atoms with Crippen LogP contribution in [0, 0.1) is 0 Å². The Morgan fingerprint density at radius 3 is 2.54 bits per heavy atom. The highest BCUT2D eigenvalue weighted by Gasteiger charge is 2.14. The van der Waals surface area contributed by atoms with Crippen molar-refractivity contribution in [1.29, 1.82) is 0 Å². The molecule has 2 aromatic carbocycles. The van der Waals surface area contributed by atoms with Crippen LogP contribution in [0.3, 0.4) is 0 Å². The number of hydrogen-bond donors (Lipinski definition) is 1. The van der Waals surface area contributed by atoms with Crippen LogP contribution in [0.1, 0.15) is 0 Å². The molecule has 0 fully saturated rings. The number of para-hydroxylation sites is 1. The minimum Gasteiger partial charge on any atom is -0.497 e. The number of carbonyl (C=O) groups excluding carboxylic acids is 1. The highest BCUT2D eigenvalue weighted by molar-refractivity contribution is 7.99. The van der Waals surface area contributed by atoms with Gasteiger partial charge in [-0.15, -0.1) is 5.10 Å². The predicted octanol–water partition coefficient (Wildman–Crippen LogP) is 3.71. The number of hydrogen-bond acceptors (Lipinski definition) is 6. The lowest BCUT2D eigenvalue weighted by Gasteiger charge is -2.09. The zero-order valence-corrected chi connectivity index (χ0v) is 15.8. The normalized spacial score (nSPS) is 10.6. The summed E-state index contributed by atoms with van der Waals surface area (Å²) in [5.41, 5.74) is 1.14. The largest absolute Gasteiger partial charge is 0.497 e. The van der Waals surface area contributed by atoms with Gasteiger partial charge in [0.15, 0.2) is 0 Å².